The fourth-order valence-electron chi connectivity index (χ4n) is 1.05. The zero-order valence-corrected chi connectivity index (χ0v) is 9.90. The number of nitrogens with two attached hydrogens (primary N) is 2. The predicted octanol–water partition coefficient (Wildman–Crippen LogP) is 0.768. The van der Waals surface area contributed by atoms with Crippen molar-refractivity contribution >= 4 is 35.0 Å². The first-order valence-corrected chi connectivity index (χ1v) is 5.06. The van der Waals surface area contributed by atoms with Crippen LogP contribution in [0.15, 0.2) is 18.2 Å². The Hall–Kier alpha value is -2.35. The molecule has 18 heavy (non-hydrogen) atoms. The summed E-state index contributed by atoms with van der Waals surface area (Å²) in [5.74, 6) is -1.45. The van der Waals surface area contributed by atoms with Crippen LogP contribution in [-0.4, -0.2) is 28.8 Å². The van der Waals surface area contributed by atoms with Crippen LogP contribution in [0.1, 0.15) is 10.4 Å². The molecule has 96 valence electrons. The fraction of sp³-hybridized carbons (Fsp3) is 0.100. The first-order chi connectivity index (χ1) is 8.40. The van der Waals surface area contributed by atoms with E-state index >= 15 is 0 Å². The monoisotopic (exact) mass is 270 g/mol. The van der Waals surface area contributed by atoms with Gasteiger partial charge in [0.05, 0.1) is 0 Å². The van der Waals surface area contributed by atoms with E-state index in [4.69, 9.17) is 21.3 Å². The molecule has 0 fully saturated rings. The lowest BCUT2D eigenvalue weighted by atomic mass is 10.2. The minimum atomic E-state index is -1.28. The molecular weight excluding hydrogens is 260 g/mol. The quantitative estimate of drug-likeness (QED) is 0.317. The topological polar surface area (TPSA) is 125 Å². The maximum absolute atomic E-state index is 11.2. The molecule has 0 unspecified atom stereocenters. The number of hydrogen-bond acceptors (Lipinski definition) is 6. The van der Waals surface area contributed by atoms with Gasteiger partial charge in [0.1, 0.15) is 22.9 Å². The molecule has 1 aromatic rings. The molecule has 0 aromatic heterocycles. The molecule has 0 spiro atoms. The maximum Gasteiger partial charge on any atom is 0.514 e. The third kappa shape index (κ3) is 3.91. The average molecular weight is 270 g/mol. The molecule has 1 aromatic carbocycles. The number of carbonyl (C=O) groups is 2. The standard InChI is InChI=1S/C10H10N2O5S/c11-5-1-2-7(6(3-5)9(13)14)17-10(15)16-4-8(12)18/h1-3H,4,11H2,(H2,12,18)(H,13,14). The smallest absolute Gasteiger partial charge is 0.478 e. The number of anilines is 1. The molecule has 0 radical (unpaired) electrons. The molecule has 0 saturated carbocycles. The first kappa shape index (κ1) is 13.7. The van der Waals surface area contributed by atoms with Crippen LogP contribution in [0.3, 0.4) is 0 Å². The van der Waals surface area contributed by atoms with Gasteiger partial charge in [-0.3, -0.25) is 0 Å². The van der Waals surface area contributed by atoms with Gasteiger partial charge < -0.3 is 26.0 Å². The van der Waals surface area contributed by atoms with Crippen LogP contribution in [-0.2, 0) is 4.74 Å². The van der Waals surface area contributed by atoms with Gasteiger partial charge in [0.15, 0.2) is 0 Å². The van der Waals surface area contributed by atoms with Crippen molar-refractivity contribution in [3.05, 3.63) is 23.8 Å². The molecule has 0 aliphatic rings. The molecule has 0 atom stereocenters. The lowest BCUT2D eigenvalue weighted by Gasteiger charge is -2.08. The number of hydrogen-bond donors (Lipinski definition) is 3. The lowest BCUT2D eigenvalue weighted by molar-refractivity contribution is 0.0691. The Kier molecular flexibility index (Phi) is 4.44. The third-order valence-corrected chi connectivity index (χ3v) is 1.88. The molecule has 0 saturated heterocycles. The zero-order chi connectivity index (χ0) is 13.7. The van der Waals surface area contributed by atoms with Gasteiger partial charge in [0.2, 0.25) is 0 Å². The van der Waals surface area contributed by atoms with E-state index in [1.54, 1.807) is 0 Å². The van der Waals surface area contributed by atoms with E-state index in [9.17, 15) is 9.59 Å². The number of carboxylic acids is 1. The van der Waals surface area contributed by atoms with E-state index in [1.165, 1.54) is 18.2 Å². The normalized spacial score (nSPS) is 9.56. The Labute approximate surface area is 107 Å². The van der Waals surface area contributed by atoms with Crippen molar-refractivity contribution in [2.75, 3.05) is 12.3 Å². The van der Waals surface area contributed by atoms with Crippen LogP contribution in [0.5, 0.6) is 5.75 Å². The Morgan fingerprint density at radius 3 is 2.61 bits per heavy atom. The number of benzene rings is 1. The zero-order valence-electron chi connectivity index (χ0n) is 9.08. The van der Waals surface area contributed by atoms with Crippen molar-refractivity contribution in [3.8, 4) is 5.75 Å². The van der Waals surface area contributed by atoms with Gasteiger partial charge >= 0.3 is 12.1 Å². The number of ether oxygens (including phenoxy) is 2. The minimum Gasteiger partial charge on any atom is -0.478 e. The summed E-state index contributed by atoms with van der Waals surface area (Å²) in [6, 6.07) is 3.81. The molecule has 0 heterocycles. The number of thiocarbonyl (C=S) groups is 1. The van der Waals surface area contributed by atoms with Crippen LogP contribution < -0.4 is 16.2 Å². The largest absolute Gasteiger partial charge is 0.514 e. The van der Waals surface area contributed by atoms with E-state index in [2.05, 4.69) is 17.0 Å². The summed E-state index contributed by atoms with van der Waals surface area (Å²) in [5, 5.41) is 8.89. The van der Waals surface area contributed by atoms with Crippen LogP contribution >= 0.6 is 12.2 Å². The Bertz CT molecular complexity index is 503. The highest BCUT2D eigenvalue weighted by atomic mass is 32.1. The number of rotatable bonds is 4. The summed E-state index contributed by atoms with van der Waals surface area (Å²) in [4.78, 5) is 22.1. The molecule has 8 heteroatoms. The lowest BCUT2D eigenvalue weighted by Crippen LogP contribution is -2.21. The highest BCUT2D eigenvalue weighted by molar-refractivity contribution is 7.80. The summed E-state index contributed by atoms with van der Waals surface area (Å²) in [7, 11) is 0. The molecule has 0 aliphatic heterocycles. The summed E-state index contributed by atoms with van der Waals surface area (Å²) < 4.78 is 9.22. The summed E-state index contributed by atoms with van der Waals surface area (Å²) in [6.07, 6.45) is -1.10. The van der Waals surface area contributed by atoms with E-state index in [-0.39, 0.29) is 28.6 Å². The van der Waals surface area contributed by atoms with Gasteiger partial charge in [-0.25, -0.2) is 9.59 Å². The highest BCUT2D eigenvalue weighted by Gasteiger charge is 2.15. The van der Waals surface area contributed by atoms with Crippen molar-refractivity contribution in [2.45, 2.75) is 0 Å². The van der Waals surface area contributed by atoms with Crippen LogP contribution in [0.4, 0.5) is 10.5 Å². The highest BCUT2D eigenvalue weighted by Crippen LogP contribution is 2.21. The summed E-state index contributed by atoms with van der Waals surface area (Å²) in [6.45, 7) is -0.286. The fourth-order valence-corrected chi connectivity index (χ4v) is 1.11. The van der Waals surface area contributed by atoms with Crippen molar-refractivity contribution < 1.29 is 24.2 Å². The SMILES string of the molecule is NC(=S)COC(=O)Oc1ccc(N)cc1C(=O)O. The third-order valence-electron chi connectivity index (χ3n) is 1.76. The Morgan fingerprint density at radius 1 is 1.39 bits per heavy atom. The van der Waals surface area contributed by atoms with Crippen molar-refractivity contribution in [1.29, 1.82) is 0 Å². The molecule has 0 bridgehead atoms. The summed E-state index contributed by atoms with van der Waals surface area (Å²) >= 11 is 4.50. The van der Waals surface area contributed by atoms with Gasteiger partial charge in [0.25, 0.3) is 0 Å². The summed E-state index contributed by atoms with van der Waals surface area (Å²) in [5.41, 5.74) is 10.5. The molecule has 1 rings (SSSR count). The van der Waals surface area contributed by atoms with E-state index in [0.29, 0.717) is 0 Å². The van der Waals surface area contributed by atoms with Crippen LogP contribution in [0.25, 0.3) is 0 Å². The van der Waals surface area contributed by atoms with Crippen molar-refractivity contribution in [1.82, 2.24) is 0 Å². The molecule has 7 nitrogen and oxygen atoms in total. The number of carbonyl (C=O) groups excluding carboxylic acids is 1. The number of carboxylic acid groups (broad SMARTS) is 1. The first-order valence-electron chi connectivity index (χ1n) is 4.66. The van der Waals surface area contributed by atoms with Crippen LogP contribution in [0, 0.1) is 0 Å². The van der Waals surface area contributed by atoms with Gasteiger partial charge in [-0.15, -0.1) is 0 Å². The second-order valence-corrected chi connectivity index (χ2v) is 3.69. The molecule has 0 amide bonds. The second-order valence-electron chi connectivity index (χ2n) is 3.17. The van der Waals surface area contributed by atoms with E-state index in [0.717, 1.165) is 0 Å². The average Bonchev–Trinajstić information content (AvgIpc) is 2.28. The molecule has 5 N–H and O–H groups in total. The van der Waals surface area contributed by atoms with Gasteiger partial charge in [-0.05, 0) is 18.2 Å². The van der Waals surface area contributed by atoms with E-state index in [1.807, 2.05) is 0 Å². The number of nitrogen functional groups attached to an aromatic ring is 1. The maximum atomic E-state index is 11.2. The minimum absolute atomic E-state index is 0.0253. The molecule has 0 aliphatic carbocycles. The van der Waals surface area contributed by atoms with Crippen molar-refractivity contribution in [2.24, 2.45) is 5.73 Å². The van der Waals surface area contributed by atoms with E-state index < -0.39 is 12.1 Å². The Morgan fingerprint density at radius 2 is 2.06 bits per heavy atom. The molecular formula is C10H10N2O5S. The van der Waals surface area contributed by atoms with Gasteiger partial charge in [0, 0.05) is 5.69 Å². The number of aromatic carboxylic acids is 1. The van der Waals surface area contributed by atoms with Gasteiger partial charge in [-0.1, -0.05) is 12.2 Å². The second kappa shape index (κ2) is 5.82. The predicted molar refractivity (Wildman–Crippen MR) is 66.6 cm³/mol. The van der Waals surface area contributed by atoms with Crippen molar-refractivity contribution in [3.63, 3.8) is 0 Å². The van der Waals surface area contributed by atoms with Crippen LogP contribution in [0.2, 0.25) is 0 Å². The van der Waals surface area contributed by atoms with Gasteiger partial charge in [-0.2, -0.15) is 0 Å². The Balaban J connectivity index is 2.81.